The van der Waals surface area contributed by atoms with E-state index in [9.17, 15) is 9.59 Å². The zero-order valence-corrected chi connectivity index (χ0v) is 61.5. The van der Waals surface area contributed by atoms with Crippen LogP contribution in [0, 0.1) is 23.7 Å². The van der Waals surface area contributed by atoms with Crippen molar-refractivity contribution in [3.63, 3.8) is 0 Å². The van der Waals surface area contributed by atoms with Gasteiger partial charge in [0.1, 0.15) is 12.2 Å². The molecule has 1 heterocycles. The van der Waals surface area contributed by atoms with Gasteiger partial charge in [-0.3, -0.25) is 4.79 Å². The fourth-order valence-corrected chi connectivity index (χ4v) is 14.9. The van der Waals surface area contributed by atoms with Crippen molar-refractivity contribution in [3.05, 3.63) is 83.1 Å². The zero-order chi connectivity index (χ0) is 62.2. The minimum Gasteiger partial charge on any atom is -0.462 e. The first-order chi connectivity index (χ1) is 36.1. The molecule has 8 nitrogen and oxygen atoms in total. The van der Waals surface area contributed by atoms with Crippen molar-refractivity contribution in [2.75, 3.05) is 0 Å². The number of hydrogen-bond donors (Lipinski definition) is 0. The van der Waals surface area contributed by atoms with Crippen LogP contribution in [0.1, 0.15) is 204 Å². The molecule has 0 aromatic carbocycles. The lowest BCUT2D eigenvalue weighted by molar-refractivity contribution is -0.152. The van der Waals surface area contributed by atoms with E-state index < -0.39 is 33.3 Å². The van der Waals surface area contributed by atoms with Gasteiger partial charge in [0.2, 0.25) is 0 Å². The van der Waals surface area contributed by atoms with Crippen LogP contribution in [0.25, 0.3) is 0 Å². The van der Waals surface area contributed by atoms with E-state index in [2.05, 4.69) is 246 Å². The van der Waals surface area contributed by atoms with Crippen LogP contribution in [-0.4, -0.2) is 81.8 Å². The molecule has 1 aliphatic rings. The summed E-state index contributed by atoms with van der Waals surface area (Å²) in [5, 5.41) is 0.484. The molecule has 0 spiro atoms. The molecule has 12 heteroatoms. The smallest absolute Gasteiger partial charge is 0.331 e. The normalized spacial score (nSPS) is 22.5. The Morgan fingerprint density at radius 2 is 1.12 bits per heavy atom. The third kappa shape index (κ3) is 26.8. The molecule has 0 unspecified atom stereocenters. The summed E-state index contributed by atoms with van der Waals surface area (Å²) in [6, 6.07) is 0. The Labute approximate surface area is 498 Å². The molecule has 10 atom stereocenters. The highest BCUT2D eigenvalue weighted by Crippen LogP contribution is 2.43. The third-order valence-corrected chi connectivity index (χ3v) is 36.7. The molecule has 0 saturated heterocycles. The van der Waals surface area contributed by atoms with Crippen molar-refractivity contribution in [1.29, 1.82) is 0 Å². The van der Waals surface area contributed by atoms with E-state index in [1.165, 1.54) is 11.6 Å². The molecular formula is C68H126O8Si4. The second-order valence-corrected chi connectivity index (χ2v) is 49.9. The van der Waals surface area contributed by atoms with Crippen molar-refractivity contribution < 1.29 is 36.8 Å². The van der Waals surface area contributed by atoms with Crippen molar-refractivity contribution >= 4 is 45.2 Å². The number of allylic oxidation sites excluding steroid dienone is 10. The van der Waals surface area contributed by atoms with Crippen LogP contribution in [-0.2, 0) is 36.8 Å². The Kier molecular flexibility index (Phi) is 30.2. The SMILES string of the molecule is CC(=C/C=C/C(C)=C/[C@H](O[Si](C)(C)C(C)(C)C)[C@@H](C)C[C@H](C)O[Si](C)(C)C(C)(C)C)C=C(C)/C=C/C(=O)O[C@H]1CCCC(=O)O[C@@H]([C@@H](C)C/C(C)=C/[C@@H](C)[C@@H](C[C@@H](C)O[Si](C)(C)C(C)(C)C)O[Si](C)(C)C(C)(C)C)C/C=C/C[C@@H]1C. The maximum Gasteiger partial charge on any atom is 0.331 e. The van der Waals surface area contributed by atoms with Crippen molar-refractivity contribution in [2.24, 2.45) is 23.7 Å². The lowest BCUT2D eigenvalue weighted by atomic mass is 9.90. The Morgan fingerprint density at radius 3 is 1.65 bits per heavy atom. The molecule has 0 aromatic heterocycles. The highest BCUT2D eigenvalue weighted by Gasteiger charge is 2.44. The van der Waals surface area contributed by atoms with E-state index in [1.807, 2.05) is 13.0 Å². The largest absolute Gasteiger partial charge is 0.462 e. The first-order valence-corrected chi connectivity index (χ1v) is 42.6. The standard InChI is InChI=1S/C68H126O8Si4/c1-49(35-33-36-50(2)46-61(75-79(27,28)67(17,18)19)56(8)47-57(9)73-77(23,24)65(11,12)13)43-51(3)41-42-64(70)71-59-39-34-40-63(69)72-60(38-32-31-37-53(59)5)54(6)44-52(4)45-55(7)62(76-80(29,30)68(20,21)22)48-58(10)74-78(25,26)66(14,15)16/h31-33,35-36,41-43,45-46,53-62H,34,37-40,44,47-48H2,1-30H3/b32-31+,36-33+,42-41+,49-35?,50-46+,51-43?,52-45+/t53-,54-,55+,56-,57-,58+,59-,60+,61-,62+/m0/s1. The molecule has 0 bridgehead atoms. The van der Waals surface area contributed by atoms with Crippen molar-refractivity contribution in [2.45, 2.75) is 313 Å². The van der Waals surface area contributed by atoms with Crippen LogP contribution < -0.4 is 0 Å². The van der Waals surface area contributed by atoms with Crippen LogP contribution in [0.2, 0.25) is 72.5 Å². The molecule has 80 heavy (non-hydrogen) atoms. The van der Waals surface area contributed by atoms with Crippen LogP contribution in [0.15, 0.2) is 83.1 Å². The minimum absolute atomic E-state index is 0.0223. The van der Waals surface area contributed by atoms with Crippen LogP contribution in [0.3, 0.4) is 0 Å². The van der Waals surface area contributed by atoms with E-state index >= 15 is 0 Å². The fourth-order valence-electron chi connectivity index (χ4n) is 9.19. The summed E-state index contributed by atoms with van der Waals surface area (Å²) in [6.45, 7) is 68.1. The van der Waals surface area contributed by atoms with Gasteiger partial charge in [0.05, 0.1) is 12.2 Å². The number of rotatable bonds is 25. The quantitative estimate of drug-likeness (QED) is 0.0294. The zero-order valence-electron chi connectivity index (χ0n) is 57.5. The van der Waals surface area contributed by atoms with E-state index in [0.29, 0.717) is 19.3 Å². The lowest BCUT2D eigenvalue weighted by Crippen LogP contribution is -2.48. The highest BCUT2D eigenvalue weighted by molar-refractivity contribution is 6.75. The first-order valence-electron chi connectivity index (χ1n) is 30.9. The first kappa shape index (κ1) is 75.8. The van der Waals surface area contributed by atoms with E-state index in [4.69, 9.17) is 27.2 Å². The summed E-state index contributed by atoms with van der Waals surface area (Å²) in [4.78, 5) is 26.7. The third-order valence-electron chi connectivity index (χ3n) is 18.5. The predicted octanol–water partition coefficient (Wildman–Crippen LogP) is 20.5. The van der Waals surface area contributed by atoms with Gasteiger partial charge in [0.25, 0.3) is 0 Å². The summed E-state index contributed by atoms with van der Waals surface area (Å²) >= 11 is 0. The molecular weight excluding hydrogens is 1060 g/mol. The molecule has 0 amide bonds. The Balaban J connectivity index is 3.12. The topological polar surface area (TPSA) is 89.5 Å². The van der Waals surface area contributed by atoms with Crippen LogP contribution in [0.4, 0.5) is 0 Å². The number of cyclic esters (lactones) is 1. The number of carbonyl (C=O) groups excluding carboxylic acids is 2. The van der Waals surface area contributed by atoms with Gasteiger partial charge in [0, 0.05) is 31.1 Å². The lowest BCUT2D eigenvalue weighted by Gasteiger charge is -2.43. The van der Waals surface area contributed by atoms with E-state index in [-0.39, 0.29) is 98.8 Å². The number of esters is 2. The van der Waals surface area contributed by atoms with Gasteiger partial charge < -0.3 is 27.2 Å². The number of carbonyl (C=O) groups is 2. The molecule has 462 valence electrons. The van der Waals surface area contributed by atoms with E-state index in [1.54, 1.807) is 0 Å². The fraction of sp³-hybridized carbons (Fsp3) is 0.765. The average molecular weight is 1180 g/mol. The molecule has 1 rings (SSSR count). The molecule has 0 N–H and O–H groups in total. The predicted molar refractivity (Wildman–Crippen MR) is 355 cm³/mol. The molecule has 0 saturated carbocycles. The van der Waals surface area contributed by atoms with Gasteiger partial charge in [-0.15, -0.1) is 0 Å². The Morgan fingerprint density at radius 1 is 0.637 bits per heavy atom. The van der Waals surface area contributed by atoms with Gasteiger partial charge in [-0.2, -0.15) is 0 Å². The molecule has 0 fully saturated rings. The maximum absolute atomic E-state index is 13.4. The number of hydrogen-bond acceptors (Lipinski definition) is 8. The minimum atomic E-state index is -2.07. The van der Waals surface area contributed by atoms with Gasteiger partial charge in [-0.1, -0.05) is 188 Å². The summed E-state index contributed by atoms with van der Waals surface area (Å²) < 4.78 is 40.3. The Bertz CT molecular complexity index is 2150. The van der Waals surface area contributed by atoms with Gasteiger partial charge in [0.15, 0.2) is 33.3 Å². The summed E-state index contributed by atoms with van der Waals surface area (Å²) in [6.07, 6.45) is 25.9. The summed E-state index contributed by atoms with van der Waals surface area (Å²) in [7, 11) is -7.97. The molecule has 0 aromatic rings. The van der Waals surface area contributed by atoms with Crippen LogP contribution >= 0.6 is 0 Å². The van der Waals surface area contributed by atoms with Gasteiger partial charge in [-0.25, -0.2) is 4.79 Å². The van der Waals surface area contributed by atoms with Gasteiger partial charge >= 0.3 is 11.9 Å². The maximum atomic E-state index is 13.4. The monoisotopic (exact) mass is 1180 g/mol. The second kappa shape index (κ2) is 31.8. The van der Waals surface area contributed by atoms with Crippen LogP contribution in [0.5, 0.6) is 0 Å². The van der Waals surface area contributed by atoms with Crippen molar-refractivity contribution in [1.82, 2.24) is 0 Å². The molecule has 0 radical (unpaired) electrons. The molecule has 1 aliphatic heterocycles. The summed E-state index contributed by atoms with van der Waals surface area (Å²) in [5.74, 6) is 0.111. The number of ether oxygens (including phenoxy) is 2. The molecule has 0 aliphatic carbocycles. The van der Waals surface area contributed by atoms with Gasteiger partial charge in [-0.05, 0) is 176 Å². The average Bonchev–Trinajstić information content (AvgIpc) is 3.25. The van der Waals surface area contributed by atoms with Crippen molar-refractivity contribution in [3.8, 4) is 0 Å². The summed E-state index contributed by atoms with van der Waals surface area (Å²) in [5.41, 5.74) is 4.45. The van der Waals surface area contributed by atoms with E-state index in [0.717, 1.165) is 42.4 Å². The Hall–Kier alpha value is -2.17. The second-order valence-electron chi connectivity index (χ2n) is 30.9. The highest BCUT2D eigenvalue weighted by atomic mass is 28.4.